The maximum Gasteiger partial charge on any atom is 0.253 e. The molecule has 2 heterocycles. The molecule has 166 valence electrons. The molecule has 0 aliphatic carbocycles. The molecule has 6 nitrogen and oxygen atoms in total. The molecule has 2 aromatic carbocycles. The number of morpholine rings is 1. The summed E-state index contributed by atoms with van der Waals surface area (Å²) in [6, 6.07) is 14.2. The Hall–Kier alpha value is -1.93. The highest BCUT2D eigenvalue weighted by Crippen LogP contribution is 2.28. The van der Waals surface area contributed by atoms with Crippen LogP contribution in [-0.4, -0.2) is 62.9 Å². The molecule has 8 heteroatoms. The molecule has 0 saturated carbocycles. The van der Waals surface area contributed by atoms with Gasteiger partial charge < -0.3 is 9.64 Å². The second kappa shape index (κ2) is 9.69. The van der Waals surface area contributed by atoms with Crippen LogP contribution in [0.25, 0.3) is 0 Å². The number of benzene rings is 2. The summed E-state index contributed by atoms with van der Waals surface area (Å²) in [4.78, 5) is 15.3. The molecule has 2 aliphatic rings. The normalized spacial score (nSPS) is 20.9. The second-order valence-electron chi connectivity index (χ2n) is 8.04. The smallest absolute Gasteiger partial charge is 0.253 e. The molecule has 1 atom stereocenters. The molecule has 0 aromatic heterocycles. The fourth-order valence-electron chi connectivity index (χ4n) is 4.22. The number of sulfonamides is 1. The third-order valence-corrected chi connectivity index (χ3v) is 8.17. The maximum atomic E-state index is 13.2. The van der Waals surface area contributed by atoms with Gasteiger partial charge in [-0.1, -0.05) is 30.2 Å². The van der Waals surface area contributed by atoms with Gasteiger partial charge in [-0.25, -0.2) is 8.42 Å². The Bertz CT molecular complexity index is 1000. The van der Waals surface area contributed by atoms with Crippen LogP contribution in [0.5, 0.6) is 0 Å². The number of hydrogen-bond donors (Lipinski definition) is 0. The zero-order valence-corrected chi connectivity index (χ0v) is 18.9. The van der Waals surface area contributed by atoms with Crippen LogP contribution in [0.15, 0.2) is 53.4 Å². The van der Waals surface area contributed by atoms with Crippen LogP contribution in [0, 0.1) is 0 Å². The summed E-state index contributed by atoms with van der Waals surface area (Å²) in [5, 5.41) is 0.706. The Labute approximate surface area is 188 Å². The highest BCUT2D eigenvalue weighted by molar-refractivity contribution is 7.89. The van der Waals surface area contributed by atoms with Crippen molar-refractivity contribution in [3.05, 3.63) is 64.7 Å². The van der Waals surface area contributed by atoms with Gasteiger partial charge in [0.25, 0.3) is 5.91 Å². The first kappa shape index (κ1) is 22.3. The van der Waals surface area contributed by atoms with Crippen LogP contribution in [0.2, 0.25) is 5.02 Å². The van der Waals surface area contributed by atoms with E-state index in [1.54, 1.807) is 12.1 Å². The SMILES string of the molecule is O=C(c1ccc(S(=O)(=O)N2CCOCC2)cc1)N1CCCCC(c2ccc(Cl)cc2)C1. The van der Waals surface area contributed by atoms with E-state index in [0.29, 0.717) is 50.0 Å². The Morgan fingerprint density at radius 3 is 2.29 bits per heavy atom. The van der Waals surface area contributed by atoms with Crippen molar-refractivity contribution in [2.75, 3.05) is 39.4 Å². The standard InChI is InChI=1S/C23H27ClN2O4S/c24-21-8-4-18(5-9-21)20-3-1-2-12-25(17-20)23(27)19-6-10-22(11-7-19)31(28,29)26-13-15-30-16-14-26/h4-11,20H,1-3,12-17H2. The largest absolute Gasteiger partial charge is 0.379 e. The fraction of sp³-hybridized carbons (Fsp3) is 0.435. The van der Waals surface area contributed by atoms with Gasteiger partial charge in [-0.15, -0.1) is 0 Å². The van der Waals surface area contributed by atoms with Crippen LogP contribution >= 0.6 is 11.6 Å². The summed E-state index contributed by atoms with van der Waals surface area (Å²) in [5.41, 5.74) is 1.70. The molecule has 2 aromatic rings. The van der Waals surface area contributed by atoms with E-state index in [1.807, 2.05) is 29.2 Å². The molecule has 4 rings (SSSR count). The third kappa shape index (κ3) is 5.12. The number of nitrogens with zero attached hydrogens (tertiary/aromatic N) is 2. The third-order valence-electron chi connectivity index (χ3n) is 6.01. The lowest BCUT2D eigenvalue weighted by Crippen LogP contribution is -2.40. The summed E-state index contributed by atoms with van der Waals surface area (Å²) in [7, 11) is -3.57. The summed E-state index contributed by atoms with van der Waals surface area (Å²) >= 11 is 6.02. The van der Waals surface area contributed by atoms with Crippen molar-refractivity contribution in [2.45, 2.75) is 30.1 Å². The number of rotatable bonds is 4. The van der Waals surface area contributed by atoms with Crippen molar-refractivity contribution in [2.24, 2.45) is 0 Å². The van der Waals surface area contributed by atoms with Crippen molar-refractivity contribution in [1.29, 1.82) is 0 Å². The monoisotopic (exact) mass is 462 g/mol. The number of carbonyl (C=O) groups excluding carboxylic acids is 1. The first-order valence-corrected chi connectivity index (χ1v) is 12.5. The van der Waals surface area contributed by atoms with Crippen molar-refractivity contribution in [3.63, 3.8) is 0 Å². The number of likely N-dealkylation sites (tertiary alicyclic amines) is 1. The van der Waals surface area contributed by atoms with E-state index in [1.165, 1.54) is 22.0 Å². The average Bonchev–Trinajstić information content (AvgIpc) is 3.06. The first-order valence-electron chi connectivity index (χ1n) is 10.7. The van der Waals surface area contributed by atoms with E-state index in [4.69, 9.17) is 16.3 Å². The van der Waals surface area contributed by atoms with Crippen LogP contribution in [0.4, 0.5) is 0 Å². The van der Waals surface area contributed by atoms with E-state index in [2.05, 4.69) is 0 Å². The van der Waals surface area contributed by atoms with Crippen molar-refractivity contribution in [3.8, 4) is 0 Å². The topological polar surface area (TPSA) is 66.9 Å². The van der Waals surface area contributed by atoms with E-state index in [-0.39, 0.29) is 16.7 Å². The molecule has 0 N–H and O–H groups in total. The number of amides is 1. The van der Waals surface area contributed by atoms with E-state index < -0.39 is 10.0 Å². The Kier molecular flexibility index (Phi) is 6.96. The molecule has 2 fully saturated rings. The van der Waals surface area contributed by atoms with Crippen molar-refractivity contribution in [1.82, 2.24) is 9.21 Å². The Morgan fingerprint density at radius 1 is 0.935 bits per heavy atom. The minimum Gasteiger partial charge on any atom is -0.379 e. The van der Waals surface area contributed by atoms with Gasteiger partial charge in [0, 0.05) is 42.7 Å². The molecule has 1 unspecified atom stereocenters. The van der Waals surface area contributed by atoms with Gasteiger partial charge in [0.05, 0.1) is 18.1 Å². The molecule has 1 amide bonds. The molecule has 0 bridgehead atoms. The average molecular weight is 463 g/mol. The summed E-state index contributed by atoms with van der Waals surface area (Å²) < 4.78 is 32.3. The lowest BCUT2D eigenvalue weighted by molar-refractivity contribution is 0.0730. The number of ether oxygens (including phenoxy) is 1. The number of hydrogen-bond acceptors (Lipinski definition) is 4. The van der Waals surface area contributed by atoms with Gasteiger partial charge in [0.2, 0.25) is 10.0 Å². The summed E-state index contributed by atoms with van der Waals surface area (Å²) in [6.07, 6.45) is 3.05. The van der Waals surface area contributed by atoms with Crippen LogP contribution < -0.4 is 0 Å². The highest BCUT2D eigenvalue weighted by atomic mass is 35.5. The minimum absolute atomic E-state index is 0.0591. The number of halogens is 1. The fourth-order valence-corrected chi connectivity index (χ4v) is 5.76. The van der Waals surface area contributed by atoms with Gasteiger partial charge in [0.15, 0.2) is 0 Å². The van der Waals surface area contributed by atoms with Gasteiger partial charge >= 0.3 is 0 Å². The van der Waals surface area contributed by atoms with Crippen LogP contribution in [0.3, 0.4) is 0 Å². The quantitative estimate of drug-likeness (QED) is 0.693. The van der Waals surface area contributed by atoms with E-state index in [0.717, 1.165) is 19.3 Å². The zero-order valence-electron chi connectivity index (χ0n) is 17.4. The number of carbonyl (C=O) groups is 1. The van der Waals surface area contributed by atoms with Gasteiger partial charge in [0.1, 0.15) is 0 Å². The predicted molar refractivity (Wildman–Crippen MR) is 120 cm³/mol. The van der Waals surface area contributed by atoms with Crippen LogP contribution in [-0.2, 0) is 14.8 Å². The first-order chi connectivity index (χ1) is 14.9. The van der Waals surface area contributed by atoms with Gasteiger partial charge in [-0.3, -0.25) is 4.79 Å². The zero-order chi connectivity index (χ0) is 21.8. The van der Waals surface area contributed by atoms with Crippen LogP contribution in [0.1, 0.15) is 41.1 Å². The minimum atomic E-state index is -3.57. The Morgan fingerprint density at radius 2 is 1.61 bits per heavy atom. The van der Waals surface area contributed by atoms with Gasteiger partial charge in [-0.05, 0) is 54.8 Å². The molecular formula is C23H27ClN2O4S. The summed E-state index contributed by atoms with van der Waals surface area (Å²) in [5.74, 6) is 0.209. The molecular weight excluding hydrogens is 436 g/mol. The highest BCUT2D eigenvalue weighted by Gasteiger charge is 2.27. The summed E-state index contributed by atoms with van der Waals surface area (Å²) in [6.45, 7) is 2.86. The van der Waals surface area contributed by atoms with Gasteiger partial charge in [-0.2, -0.15) is 4.31 Å². The Balaban J connectivity index is 1.48. The molecule has 2 aliphatic heterocycles. The second-order valence-corrected chi connectivity index (χ2v) is 10.4. The maximum absolute atomic E-state index is 13.2. The predicted octanol–water partition coefficient (Wildman–Crippen LogP) is 3.77. The molecule has 0 spiro atoms. The lowest BCUT2D eigenvalue weighted by Gasteiger charge is -2.26. The van der Waals surface area contributed by atoms with E-state index >= 15 is 0 Å². The molecule has 0 radical (unpaired) electrons. The van der Waals surface area contributed by atoms with Crippen molar-refractivity contribution < 1.29 is 17.9 Å². The molecule has 31 heavy (non-hydrogen) atoms. The lowest BCUT2D eigenvalue weighted by atomic mass is 9.94. The van der Waals surface area contributed by atoms with E-state index in [9.17, 15) is 13.2 Å². The van der Waals surface area contributed by atoms with Crippen molar-refractivity contribution >= 4 is 27.5 Å². The molecule has 2 saturated heterocycles.